The molecule has 16 heavy (non-hydrogen) atoms. The SMILES string of the molecule is Clc1cc([Si]2CCCCO2)c(Cl)c(Cl)c1Cl. The second-order valence-corrected chi connectivity index (χ2v) is 7.29. The highest BCUT2D eigenvalue weighted by molar-refractivity contribution is 6.72. The van der Waals surface area contributed by atoms with Crippen LogP contribution in [0, 0.1) is 0 Å². The van der Waals surface area contributed by atoms with Crippen LogP contribution in [0.2, 0.25) is 26.1 Å². The van der Waals surface area contributed by atoms with Crippen molar-refractivity contribution < 1.29 is 4.43 Å². The quantitative estimate of drug-likeness (QED) is 0.426. The summed E-state index contributed by atoms with van der Waals surface area (Å²) in [7, 11) is -1.08. The summed E-state index contributed by atoms with van der Waals surface area (Å²) >= 11 is 24.1. The molecule has 0 amide bonds. The van der Waals surface area contributed by atoms with Gasteiger partial charge in [-0.25, -0.2) is 0 Å². The Morgan fingerprint density at radius 2 is 1.75 bits per heavy atom. The molecule has 1 saturated heterocycles. The Morgan fingerprint density at radius 1 is 1.00 bits per heavy atom. The Balaban J connectivity index is 2.40. The van der Waals surface area contributed by atoms with Crippen LogP contribution in [0.25, 0.3) is 0 Å². The summed E-state index contributed by atoms with van der Waals surface area (Å²) in [6.45, 7) is 0.794. The topological polar surface area (TPSA) is 9.23 Å². The van der Waals surface area contributed by atoms with Crippen LogP contribution in [-0.4, -0.2) is 15.6 Å². The van der Waals surface area contributed by atoms with Gasteiger partial charge in [0.1, 0.15) is 0 Å². The van der Waals surface area contributed by atoms with E-state index >= 15 is 0 Å². The summed E-state index contributed by atoms with van der Waals surface area (Å²) in [4.78, 5) is 0. The average molecular weight is 315 g/mol. The standard InChI is InChI=1S/C10H9Cl4OSi/c11-6-5-7(9(13)10(14)8(6)12)16-4-2-1-3-15-16/h5H,1-4H2. The lowest BCUT2D eigenvalue weighted by Crippen LogP contribution is -2.37. The average Bonchev–Trinajstić information content (AvgIpc) is 2.32. The normalized spacial score (nSPS) is 17.8. The fourth-order valence-corrected chi connectivity index (χ4v) is 5.14. The van der Waals surface area contributed by atoms with E-state index in [2.05, 4.69) is 0 Å². The molecule has 1 aliphatic heterocycles. The summed E-state index contributed by atoms with van der Waals surface area (Å²) in [5.74, 6) is 0. The molecule has 0 spiro atoms. The van der Waals surface area contributed by atoms with Crippen LogP contribution in [0.5, 0.6) is 0 Å². The van der Waals surface area contributed by atoms with E-state index in [0.717, 1.165) is 24.3 Å². The van der Waals surface area contributed by atoms with Crippen molar-refractivity contribution >= 4 is 60.6 Å². The maximum atomic E-state index is 6.17. The van der Waals surface area contributed by atoms with E-state index in [4.69, 9.17) is 50.8 Å². The summed E-state index contributed by atoms with van der Waals surface area (Å²) in [5.41, 5.74) is 0. The lowest BCUT2D eigenvalue weighted by atomic mass is 10.3. The Morgan fingerprint density at radius 3 is 2.38 bits per heavy atom. The molecule has 0 saturated carbocycles. The Bertz CT molecular complexity index is 404. The van der Waals surface area contributed by atoms with Gasteiger partial charge < -0.3 is 4.43 Å². The molecule has 1 aromatic carbocycles. The zero-order valence-corrected chi connectivity index (χ0v) is 12.3. The van der Waals surface area contributed by atoms with Gasteiger partial charge in [-0.15, -0.1) is 0 Å². The lowest BCUT2D eigenvalue weighted by molar-refractivity contribution is 0.294. The summed E-state index contributed by atoms with van der Waals surface area (Å²) < 4.78 is 5.75. The summed E-state index contributed by atoms with van der Waals surface area (Å²) in [6, 6.07) is 2.83. The highest BCUT2D eigenvalue weighted by Gasteiger charge is 2.25. The number of halogens is 4. The minimum Gasteiger partial charge on any atom is -0.412 e. The molecule has 0 unspecified atom stereocenters. The van der Waals surface area contributed by atoms with Gasteiger partial charge in [0.25, 0.3) is 0 Å². The van der Waals surface area contributed by atoms with Gasteiger partial charge in [-0.3, -0.25) is 0 Å². The van der Waals surface area contributed by atoms with Crippen molar-refractivity contribution in [1.82, 2.24) is 0 Å². The Kier molecular flexibility index (Phi) is 4.44. The number of hydrogen-bond acceptors (Lipinski definition) is 1. The monoisotopic (exact) mass is 313 g/mol. The van der Waals surface area contributed by atoms with Crippen LogP contribution in [0.1, 0.15) is 12.8 Å². The maximum Gasteiger partial charge on any atom is 0.248 e. The van der Waals surface area contributed by atoms with Crippen LogP contribution >= 0.6 is 46.4 Å². The first-order valence-electron chi connectivity index (χ1n) is 4.93. The third kappa shape index (κ3) is 2.52. The van der Waals surface area contributed by atoms with E-state index in [9.17, 15) is 0 Å². The fraction of sp³-hybridized carbons (Fsp3) is 0.400. The third-order valence-electron chi connectivity index (χ3n) is 2.48. The molecule has 0 atom stereocenters. The van der Waals surface area contributed by atoms with Crippen LogP contribution in [0.3, 0.4) is 0 Å². The first-order valence-corrected chi connectivity index (χ1v) is 8.06. The molecule has 6 heteroatoms. The van der Waals surface area contributed by atoms with E-state index in [0.29, 0.717) is 20.1 Å². The molecular formula is C10H9Cl4OSi. The van der Waals surface area contributed by atoms with Gasteiger partial charge in [-0.1, -0.05) is 52.8 Å². The molecule has 1 aromatic rings. The number of rotatable bonds is 1. The minimum absolute atomic E-state index is 0.315. The van der Waals surface area contributed by atoms with Crippen LogP contribution in [-0.2, 0) is 4.43 Å². The van der Waals surface area contributed by atoms with Gasteiger partial charge in [0, 0.05) is 6.61 Å². The fourth-order valence-electron chi connectivity index (χ4n) is 1.64. The second-order valence-electron chi connectivity index (χ2n) is 3.58. The van der Waals surface area contributed by atoms with Crippen molar-refractivity contribution in [3.05, 3.63) is 26.2 Å². The van der Waals surface area contributed by atoms with Crippen molar-refractivity contribution in [1.29, 1.82) is 0 Å². The molecule has 1 aliphatic rings. The van der Waals surface area contributed by atoms with Gasteiger partial charge in [-0.2, -0.15) is 0 Å². The van der Waals surface area contributed by atoms with Crippen molar-refractivity contribution in [2.24, 2.45) is 0 Å². The van der Waals surface area contributed by atoms with Crippen LogP contribution in [0.4, 0.5) is 0 Å². The van der Waals surface area contributed by atoms with E-state index in [1.165, 1.54) is 6.42 Å². The number of benzene rings is 1. The summed E-state index contributed by atoms with van der Waals surface area (Å²) in [5, 5.41) is 2.52. The predicted octanol–water partition coefficient (Wildman–Crippen LogP) is 4.31. The maximum absolute atomic E-state index is 6.17. The van der Waals surface area contributed by atoms with E-state index in [1.54, 1.807) is 6.07 Å². The third-order valence-corrected chi connectivity index (χ3v) is 6.74. The van der Waals surface area contributed by atoms with Gasteiger partial charge in [-0.05, 0) is 23.7 Å². The van der Waals surface area contributed by atoms with Gasteiger partial charge in [0.2, 0.25) is 9.04 Å². The smallest absolute Gasteiger partial charge is 0.248 e. The predicted molar refractivity (Wildman–Crippen MR) is 71.9 cm³/mol. The molecule has 1 radical (unpaired) electrons. The molecule has 0 bridgehead atoms. The van der Waals surface area contributed by atoms with Gasteiger partial charge >= 0.3 is 0 Å². The molecule has 1 nitrogen and oxygen atoms in total. The molecule has 2 rings (SSSR count). The summed E-state index contributed by atoms with van der Waals surface area (Å²) in [6.07, 6.45) is 2.28. The van der Waals surface area contributed by atoms with Crippen molar-refractivity contribution in [2.75, 3.05) is 6.61 Å². The largest absolute Gasteiger partial charge is 0.412 e. The van der Waals surface area contributed by atoms with E-state index < -0.39 is 9.04 Å². The molecule has 0 aliphatic carbocycles. The Hall–Kier alpha value is 0.557. The molecule has 0 N–H and O–H groups in total. The van der Waals surface area contributed by atoms with Crippen molar-refractivity contribution in [2.45, 2.75) is 18.9 Å². The van der Waals surface area contributed by atoms with E-state index in [1.807, 2.05) is 0 Å². The molecule has 0 aromatic heterocycles. The molecule has 1 heterocycles. The Labute approximate surface area is 116 Å². The zero-order chi connectivity index (χ0) is 11.7. The highest BCUT2D eigenvalue weighted by atomic mass is 35.5. The lowest BCUT2D eigenvalue weighted by Gasteiger charge is -2.22. The van der Waals surface area contributed by atoms with Gasteiger partial charge in [0.05, 0.1) is 20.1 Å². The van der Waals surface area contributed by atoms with Gasteiger partial charge in [0.15, 0.2) is 0 Å². The molecular weight excluding hydrogens is 306 g/mol. The van der Waals surface area contributed by atoms with Crippen molar-refractivity contribution in [3.63, 3.8) is 0 Å². The first kappa shape index (κ1) is 13.0. The molecule has 87 valence electrons. The van der Waals surface area contributed by atoms with E-state index in [-0.39, 0.29) is 0 Å². The zero-order valence-electron chi connectivity index (χ0n) is 8.33. The highest BCUT2D eigenvalue weighted by Crippen LogP contribution is 2.35. The number of hydrogen-bond donors (Lipinski definition) is 0. The second kappa shape index (κ2) is 5.47. The minimum atomic E-state index is -1.08. The first-order chi connectivity index (χ1) is 7.61. The van der Waals surface area contributed by atoms with Crippen molar-refractivity contribution in [3.8, 4) is 0 Å². The van der Waals surface area contributed by atoms with Crippen LogP contribution in [0.15, 0.2) is 6.07 Å². The molecule has 1 fully saturated rings. The van der Waals surface area contributed by atoms with Crippen LogP contribution < -0.4 is 5.19 Å².